The van der Waals surface area contributed by atoms with Crippen molar-refractivity contribution in [2.45, 2.75) is 12.6 Å². The molecule has 2 aliphatic heterocycles. The third-order valence-electron chi connectivity index (χ3n) is 7.58. The molecule has 2 aliphatic rings. The fraction of sp³-hybridized carbons (Fsp3) is 0.385. The van der Waals surface area contributed by atoms with Gasteiger partial charge < -0.3 is 25.1 Å². The molecular formula is C26H30N10O3. The zero-order valence-corrected chi connectivity index (χ0v) is 21.7. The molecule has 6 heterocycles. The van der Waals surface area contributed by atoms with E-state index in [1.807, 2.05) is 0 Å². The number of ether oxygens (including phenoxy) is 1. The smallest absolute Gasteiger partial charge is 0.330 e. The predicted molar refractivity (Wildman–Crippen MR) is 146 cm³/mol. The summed E-state index contributed by atoms with van der Waals surface area (Å²) in [6.07, 6.45) is 1.84. The number of hydrogen-bond donors (Lipinski definition) is 2. The topological polar surface area (TPSA) is 137 Å². The highest BCUT2D eigenvalue weighted by molar-refractivity contribution is 5.88. The number of nitrogen functional groups attached to an aromatic ring is 1. The quantitative estimate of drug-likeness (QED) is 0.311. The maximum Gasteiger partial charge on any atom is 0.330 e. The lowest BCUT2D eigenvalue weighted by Crippen LogP contribution is -2.50. The Kier molecular flexibility index (Phi) is 5.74. The second-order valence-electron chi connectivity index (χ2n) is 10.0. The molecule has 4 aromatic heterocycles. The van der Waals surface area contributed by atoms with E-state index >= 15 is 0 Å². The van der Waals surface area contributed by atoms with Gasteiger partial charge in [0.2, 0.25) is 11.8 Å². The third-order valence-corrected chi connectivity index (χ3v) is 7.58. The van der Waals surface area contributed by atoms with E-state index in [0.717, 1.165) is 51.6 Å². The molecule has 0 aliphatic carbocycles. The zero-order chi connectivity index (χ0) is 26.5. The lowest BCUT2D eigenvalue weighted by Gasteiger charge is -2.36. The highest BCUT2D eigenvalue weighted by atomic mass is 16.5. The van der Waals surface area contributed by atoms with E-state index in [2.05, 4.69) is 54.4 Å². The van der Waals surface area contributed by atoms with Gasteiger partial charge in [0.15, 0.2) is 17.1 Å². The van der Waals surface area contributed by atoms with Gasteiger partial charge in [-0.15, -0.1) is 5.10 Å². The van der Waals surface area contributed by atoms with E-state index < -0.39 is 0 Å². The Bertz CT molecular complexity index is 1670. The fourth-order valence-electron chi connectivity index (χ4n) is 5.25. The minimum atomic E-state index is -0.161. The van der Waals surface area contributed by atoms with Crippen LogP contribution in [-0.4, -0.2) is 85.5 Å². The van der Waals surface area contributed by atoms with Gasteiger partial charge >= 0.3 is 5.69 Å². The van der Waals surface area contributed by atoms with Crippen LogP contribution in [-0.2, 0) is 13.6 Å². The van der Waals surface area contributed by atoms with Gasteiger partial charge in [-0.25, -0.2) is 9.78 Å². The number of aromatic nitrogens is 6. The van der Waals surface area contributed by atoms with Gasteiger partial charge in [0.1, 0.15) is 17.4 Å². The molecule has 13 heteroatoms. The Morgan fingerprint density at radius 1 is 1.05 bits per heavy atom. The van der Waals surface area contributed by atoms with Gasteiger partial charge in [-0.05, 0) is 36.4 Å². The molecule has 13 nitrogen and oxygen atoms in total. The zero-order valence-electron chi connectivity index (χ0n) is 21.7. The summed E-state index contributed by atoms with van der Waals surface area (Å²) in [5.74, 6) is 1.98. The molecule has 202 valence electrons. The summed E-state index contributed by atoms with van der Waals surface area (Å²) < 4.78 is 16.1. The summed E-state index contributed by atoms with van der Waals surface area (Å²) in [6, 6.07) is 11.9. The third kappa shape index (κ3) is 4.19. The minimum absolute atomic E-state index is 0.161. The number of imidazole rings is 1. The highest BCUT2D eigenvalue weighted by Gasteiger charge is 2.23. The van der Waals surface area contributed by atoms with Gasteiger partial charge in [0.25, 0.3) is 0 Å². The number of piperazine rings is 1. The Morgan fingerprint density at radius 3 is 2.54 bits per heavy atom. The van der Waals surface area contributed by atoms with Crippen LogP contribution < -0.4 is 26.4 Å². The van der Waals surface area contributed by atoms with Crippen LogP contribution in [0.25, 0.3) is 28.4 Å². The van der Waals surface area contributed by atoms with Crippen molar-refractivity contribution in [1.29, 1.82) is 0 Å². The molecule has 2 fully saturated rings. The van der Waals surface area contributed by atoms with Crippen LogP contribution in [0.3, 0.4) is 0 Å². The molecule has 5 aromatic rings. The van der Waals surface area contributed by atoms with Crippen LogP contribution in [0.4, 0.5) is 11.6 Å². The SMILES string of the molecule is Cn1c(=O)n(CCN2CCN(c3ccc(OC4CNC4)cc3)CC2)c2nc(N)n3nc(-c4ccco4)nc3c21. The first-order valence-corrected chi connectivity index (χ1v) is 13.2. The number of hydrogen-bond acceptors (Lipinski definition) is 10. The lowest BCUT2D eigenvalue weighted by molar-refractivity contribution is 0.142. The second kappa shape index (κ2) is 9.43. The summed E-state index contributed by atoms with van der Waals surface area (Å²) in [7, 11) is 1.72. The summed E-state index contributed by atoms with van der Waals surface area (Å²) in [4.78, 5) is 27.1. The van der Waals surface area contributed by atoms with Crippen molar-refractivity contribution in [1.82, 2.24) is 38.9 Å². The van der Waals surface area contributed by atoms with Crippen LogP contribution in [0.15, 0.2) is 51.9 Å². The van der Waals surface area contributed by atoms with Gasteiger partial charge in [-0.2, -0.15) is 9.50 Å². The molecule has 0 saturated carbocycles. The van der Waals surface area contributed by atoms with Crippen LogP contribution in [0.2, 0.25) is 0 Å². The number of rotatable bonds is 7. The Balaban J connectivity index is 1.05. The average Bonchev–Trinajstić information content (AvgIpc) is 3.66. The van der Waals surface area contributed by atoms with Crippen molar-refractivity contribution in [2.75, 3.05) is 56.4 Å². The summed E-state index contributed by atoms with van der Waals surface area (Å²) in [5.41, 5.74) is 8.84. The van der Waals surface area contributed by atoms with E-state index in [-0.39, 0.29) is 17.7 Å². The molecule has 0 amide bonds. The lowest BCUT2D eigenvalue weighted by atomic mass is 10.2. The summed E-state index contributed by atoms with van der Waals surface area (Å²) in [5, 5.41) is 7.66. The van der Waals surface area contributed by atoms with Crippen molar-refractivity contribution in [3.05, 3.63) is 53.1 Å². The van der Waals surface area contributed by atoms with Crippen molar-refractivity contribution in [2.24, 2.45) is 7.05 Å². The Labute approximate surface area is 223 Å². The molecule has 0 atom stereocenters. The number of anilines is 2. The highest BCUT2D eigenvalue weighted by Crippen LogP contribution is 2.24. The van der Waals surface area contributed by atoms with Gasteiger partial charge in [0, 0.05) is 65.1 Å². The number of nitrogens with one attached hydrogen (secondary N) is 1. The predicted octanol–water partition coefficient (Wildman–Crippen LogP) is 0.793. The second-order valence-corrected chi connectivity index (χ2v) is 10.0. The molecule has 39 heavy (non-hydrogen) atoms. The van der Waals surface area contributed by atoms with Crippen molar-refractivity contribution < 1.29 is 9.15 Å². The Hall–Kier alpha value is -4.36. The minimum Gasteiger partial charge on any atom is -0.488 e. The number of aryl methyl sites for hydroxylation is 1. The molecule has 0 bridgehead atoms. The first kappa shape index (κ1) is 23.7. The van der Waals surface area contributed by atoms with Crippen molar-refractivity contribution in [3.63, 3.8) is 0 Å². The molecule has 0 radical (unpaired) electrons. The number of nitrogens with two attached hydrogens (primary N) is 1. The molecule has 0 spiro atoms. The largest absolute Gasteiger partial charge is 0.488 e. The van der Waals surface area contributed by atoms with Crippen LogP contribution >= 0.6 is 0 Å². The van der Waals surface area contributed by atoms with Crippen molar-refractivity contribution >= 4 is 28.4 Å². The summed E-state index contributed by atoms with van der Waals surface area (Å²) >= 11 is 0. The van der Waals surface area contributed by atoms with Gasteiger partial charge in [-0.3, -0.25) is 14.0 Å². The average molecular weight is 531 g/mol. The standard InChI is InChI=1S/C26H30N10O3/c1-32-21-23(30-25(27)36-24(21)29-22(31-36)20-3-2-14-38-20)35(26(32)37)13-10-33-8-11-34(12-9-33)17-4-6-18(7-5-17)39-19-15-28-16-19/h2-7,14,19,28H,8-13,15-16H2,1H3,(H2,27,30). The number of fused-ring (bicyclic) bond motifs is 3. The van der Waals surface area contributed by atoms with Crippen LogP contribution in [0, 0.1) is 0 Å². The number of nitrogens with zero attached hydrogens (tertiary/aromatic N) is 8. The van der Waals surface area contributed by atoms with E-state index in [4.69, 9.17) is 14.9 Å². The van der Waals surface area contributed by atoms with E-state index in [0.29, 0.717) is 34.9 Å². The molecular weight excluding hydrogens is 500 g/mol. The van der Waals surface area contributed by atoms with Crippen molar-refractivity contribution in [3.8, 4) is 17.3 Å². The van der Waals surface area contributed by atoms with Crippen LogP contribution in [0.5, 0.6) is 5.75 Å². The monoisotopic (exact) mass is 530 g/mol. The first-order valence-electron chi connectivity index (χ1n) is 13.2. The van der Waals surface area contributed by atoms with E-state index in [1.165, 1.54) is 10.2 Å². The normalized spacial score (nSPS) is 16.8. The number of furan rings is 1. The van der Waals surface area contributed by atoms with E-state index in [1.54, 1.807) is 34.6 Å². The van der Waals surface area contributed by atoms with Gasteiger partial charge in [-0.1, -0.05) is 0 Å². The maximum atomic E-state index is 13.2. The van der Waals surface area contributed by atoms with Crippen LogP contribution in [0.1, 0.15) is 0 Å². The number of benzene rings is 1. The molecule has 2 saturated heterocycles. The van der Waals surface area contributed by atoms with Gasteiger partial charge in [0.05, 0.1) is 6.26 Å². The molecule has 3 N–H and O–H groups in total. The Morgan fingerprint density at radius 2 is 1.85 bits per heavy atom. The summed E-state index contributed by atoms with van der Waals surface area (Å²) in [6.45, 7) is 6.69. The fourth-order valence-corrected chi connectivity index (χ4v) is 5.25. The first-order chi connectivity index (χ1) is 19.0. The molecule has 7 rings (SSSR count). The molecule has 0 unspecified atom stereocenters. The van der Waals surface area contributed by atoms with E-state index in [9.17, 15) is 4.79 Å². The maximum absolute atomic E-state index is 13.2. The molecule has 1 aromatic carbocycles.